The number of rotatable bonds is 6. The molecule has 0 spiro atoms. The van der Waals surface area contributed by atoms with Crippen molar-refractivity contribution in [3.05, 3.63) is 105 Å². The van der Waals surface area contributed by atoms with Crippen molar-refractivity contribution >= 4 is 11.4 Å². The molecule has 1 aliphatic rings. The van der Waals surface area contributed by atoms with Crippen LogP contribution in [0.15, 0.2) is 66.7 Å². The number of hydrogen-bond acceptors (Lipinski definition) is 4. The molecule has 0 atom stereocenters. The molecule has 1 saturated heterocycles. The summed E-state index contributed by atoms with van der Waals surface area (Å²) in [6, 6.07) is 19.6. The minimum absolute atomic E-state index is 0.274. The Morgan fingerprint density at radius 1 is 0.882 bits per heavy atom. The molecule has 3 aromatic rings. The van der Waals surface area contributed by atoms with Gasteiger partial charge in [-0.2, -0.15) is 13.2 Å². The van der Waals surface area contributed by atoms with E-state index in [1.165, 1.54) is 17.3 Å². The fourth-order valence-electron chi connectivity index (χ4n) is 4.33. The van der Waals surface area contributed by atoms with E-state index in [0.29, 0.717) is 5.56 Å². The predicted molar refractivity (Wildman–Crippen MR) is 126 cm³/mol. The fraction of sp³-hybridized carbons (Fsp3) is 0.308. The van der Waals surface area contributed by atoms with E-state index < -0.39 is 22.4 Å². The minimum Gasteiger partial charge on any atom is -0.369 e. The third-order valence-corrected chi connectivity index (χ3v) is 6.14. The molecule has 1 heterocycles. The number of aryl methyl sites for hydroxylation is 1. The van der Waals surface area contributed by atoms with Gasteiger partial charge in [0.15, 0.2) is 0 Å². The molecule has 1 aliphatic heterocycles. The Labute approximate surface area is 196 Å². The van der Waals surface area contributed by atoms with E-state index in [0.717, 1.165) is 56.0 Å². The van der Waals surface area contributed by atoms with Gasteiger partial charge in [0, 0.05) is 44.5 Å². The summed E-state index contributed by atoms with van der Waals surface area (Å²) in [4.78, 5) is 14.7. The first-order valence-electron chi connectivity index (χ1n) is 11.2. The van der Waals surface area contributed by atoms with Crippen molar-refractivity contribution in [3.63, 3.8) is 0 Å². The maximum atomic E-state index is 13.3. The summed E-state index contributed by atoms with van der Waals surface area (Å²) in [6.45, 7) is 6.57. The summed E-state index contributed by atoms with van der Waals surface area (Å²) in [5.74, 6) is 0. The lowest BCUT2D eigenvalue weighted by atomic mass is 10.00. The summed E-state index contributed by atoms with van der Waals surface area (Å²) < 4.78 is 39.9. The van der Waals surface area contributed by atoms with Crippen LogP contribution in [0.5, 0.6) is 0 Å². The van der Waals surface area contributed by atoms with Gasteiger partial charge in [0.1, 0.15) is 5.56 Å². The van der Waals surface area contributed by atoms with Crippen LogP contribution in [-0.2, 0) is 19.1 Å². The highest BCUT2D eigenvalue weighted by Gasteiger charge is 2.38. The van der Waals surface area contributed by atoms with E-state index >= 15 is 0 Å². The van der Waals surface area contributed by atoms with Crippen molar-refractivity contribution in [1.82, 2.24) is 4.90 Å². The third kappa shape index (κ3) is 5.75. The zero-order chi connectivity index (χ0) is 24.3. The monoisotopic (exact) mass is 469 g/mol. The second-order valence-electron chi connectivity index (χ2n) is 8.70. The second-order valence-corrected chi connectivity index (χ2v) is 8.70. The van der Waals surface area contributed by atoms with Crippen molar-refractivity contribution < 1.29 is 18.1 Å². The van der Waals surface area contributed by atoms with Crippen LogP contribution in [0, 0.1) is 17.0 Å². The van der Waals surface area contributed by atoms with E-state index in [9.17, 15) is 23.3 Å². The van der Waals surface area contributed by atoms with Crippen LogP contribution < -0.4 is 4.90 Å². The van der Waals surface area contributed by atoms with Crippen LogP contribution in [0.4, 0.5) is 24.5 Å². The van der Waals surface area contributed by atoms with Crippen LogP contribution in [0.2, 0.25) is 0 Å². The standard InChI is InChI=1S/C26H26F3N3O2/c1-19-5-8-23(9-6-19)31-13-11-30(12-14-31)18-22-4-2-3-20(16-22)15-21-7-10-25(32(33)34)24(17-21)26(27,28)29/h2-10,16-17H,11-15,18H2,1H3. The smallest absolute Gasteiger partial charge is 0.369 e. The van der Waals surface area contributed by atoms with Crippen molar-refractivity contribution in [1.29, 1.82) is 0 Å². The third-order valence-electron chi connectivity index (χ3n) is 6.14. The molecule has 0 unspecified atom stereocenters. The number of hydrogen-bond donors (Lipinski definition) is 0. The van der Waals surface area contributed by atoms with Gasteiger partial charge in [0.2, 0.25) is 0 Å². The molecule has 0 aliphatic carbocycles. The van der Waals surface area contributed by atoms with Gasteiger partial charge in [-0.15, -0.1) is 0 Å². The lowest BCUT2D eigenvalue weighted by molar-refractivity contribution is -0.388. The predicted octanol–water partition coefficient (Wildman–Crippen LogP) is 5.84. The minimum atomic E-state index is -4.78. The van der Waals surface area contributed by atoms with Crippen molar-refractivity contribution in [2.75, 3.05) is 31.1 Å². The number of nitro groups is 1. The Hall–Kier alpha value is -3.39. The zero-order valence-corrected chi connectivity index (χ0v) is 18.9. The Morgan fingerprint density at radius 2 is 1.53 bits per heavy atom. The molecule has 0 radical (unpaired) electrons. The van der Waals surface area contributed by atoms with Gasteiger partial charge >= 0.3 is 6.18 Å². The lowest BCUT2D eigenvalue weighted by Crippen LogP contribution is -2.45. The van der Waals surface area contributed by atoms with E-state index in [-0.39, 0.29) is 6.42 Å². The number of alkyl halides is 3. The molecule has 8 heteroatoms. The van der Waals surface area contributed by atoms with E-state index in [1.807, 2.05) is 24.3 Å². The first kappa shape index (κ1) is 23.8. The highest BCUT2D eigenvalue weighted by atomic mass is 19.4. The second kappa shape index (κ2) is 9.85. The molecule has 1 fully saturated rings. The molecule has 178 valence electrons. The first-order chi connectivity index (χ1) is 16.2. The van der Waals surface area contributed by atoms with Crippen molar-refractivity contribution in [3.8, 4) is 0 Å². The molecule has 0 bridgehead atoms. The van der Waals surface area contributed by atoms with Gasteiger partial charge in [-0.3, -0.25) is 15.0 Å². The van der Waals surface area contributed by atoms with Gasteiger partial charge in [-0.05, 0) is 48.2 Å². The quantitative estimate of drug-likeness (QED) is 0.336. The molecule has 0 saturated carbocycles. The zero-order valence-electron chi connectivity index (χ0n) is 18.9. The van der Waals surface area contributed by atoms with Crippen LogP contribution in [0.3, 0.4) is 0 Å². The van der Waals surface area contributed by atoms with Gasteiger partial charge in [0.05, 0.1) is 4.92 Å². The maximum absolute atomic E-state index is 13.3. The molecule has 5 nitrogen and oxygen atoms in total. The van der Waals surface area contributed by atoms with Crippen LogP contribution >= 0.6 is 0 Å². The van der Waals surface area contributed by atoms with Gasteiger partial charge in [-0.1, -0.05) is 48.0 Å². The van der Waals surface area contributed by atoms with E-state index in [2.05, 4.69) is 41.0 Å². The Bertz CT molecular complexity index is 1150. The molecular weight excluding hydrogens is 443 g/mol. The van der Waals surface area contributed by atoms with E-state index in [4.69, 9.17) is 0 Å². The van der Waals surface area contributed by atoms with Crippen molar-refractivity contribution in [2.45, 2.75) is 26.1 Å². The van der Waals surface area contributed by atoms with E-state index in [1.54, 1.807) is 0 Å². The molecule has 0 aromatic heterocycles. The summed E-state index contributed by atoms with van der Waals surface area (Å²) in [5, 5.41) is 11.0. The number of piperazine rings is 1. The Morgan fingerprint density at radius 3 is 2.18 bits per heavy atom. The highest BCUT2D eigenvalue weighted by Crippen LogP contribution is 2.37. The number of benzene rings is 3. The average molecular weight is 470 g/mol. The molecule has 0 N–H and O–H groups in total. The first-order valence-corrected chi connectivity index (χ1v) is 11.2. The SMILES string of the molecule is Cc1ccc(N2CCN(Cc3cccc(Cc4ccc([N+](=O)[O-])c(C(F)(F)F)c4)c3)CC2)cc1. The Balaban J connectivity index is 1.40. The molecule has 4 rings (SSSR count). The topological polar surface area (TPSA) is 49.6 Å². The normalized spacial score (nSPS) is 14.9. The van der Waals surface area contributed by atoms with Crippen LogP contribution in [0.25, 0.3) is 0 Å². The largest absolute Gasteiger partial charge is 0.423 e. The van der Waals surface area contributed by atoms with Gasteiger partial charge in [0.25, 0.3) is 5.69 Å². The van der Waals surface area contributed by atoms with Crippen molar-refractivity contribution in [2.24, 2.45) is 0 Å². The summed E-state index contributed by atoms with van der Waals surface area (Å²) >= 11 is 0. The number of halogens is 3. The number of nitrogens with zero attached hydrogens (tertiary/aromatic N) is 3. The fourth-order valence-corrected chi connectivity index (χ4v) is 4.33. The molecule has 3 aromatic carbocycles. The molecule has 0 amide bonds. The number of nitro benzene ring substituents is 1. The van der Waals surface area contributed by atoms with Crippen LogP contribution in [-0.4, -0.2) is 36.0 Å². The maximum Gasteiger partial charge on any atom is 0.423 e. The average Bonchev–Trinajstić information content (AvgIpc) is 2.80. The summed E-state index contributed by atoms with van der Waals surface area (Å²) in [6.07, 6.45) is -4.50. The van der Waals surface area contributed by atoms with Gasteiger partial charge < -0.3 is 4.90 Å². The Kier molecular flexibility index (Phi) is 6.88. The molecule has 34 heavy (non-hydrogen) atoms. The summed E-state index contributed by atoms with van der Waals surface area (Å²) in [7, 11) is 0. The highest BCUT2D eigenvalue weighted by molar-refractivity contribution is 5.48. The lowest BCUT2D eigenvalue weighted by Gasteiger charge is -2.36. The van der Waals surface area contributed by atoms with Gasteiger partial charge in [-0.25, -0.2) is 0 Å². The van der Waals surface area contributed by atoms with Crippen LogP contribution in [0.1, 0.15) is 27.8 Å². The molecular formula is C26H26F3N3O2. The summed E-state index contributed by atoms with van der Waals surface area (Å²) in [5.41, 5.74) is 2.70. The number of anilines is 1.